The molecule has 0 radical (unpaired) electrons. The third-order valence-corrected chi connectivity index (χ3v) is 6.66. The fourth-order valence-electron chi connectivity index (χ4n) is 3.75. The largest absolute Gasteiger partial charge is 0.510 e. The van der Waals surface area contributed by atoms with Crippen molar-refractivity contribution in [1.29, 1.82) is 5.41 Å². The Balaban J connectivity index is 1.34. The number of rotatable bonds is 5. The molecule has 1 aromatic heterocycles. The van der Waals surface area contributed by atoms with Gasteiger partial charge < -0.3 is 15.3 Å². The number of hydrogen-bond donors (Lipinski definition) is 3. The Morgan fingerprint density at radius 3 is 2.76 bits per heavy atom. The first-order chi connectivity index (χ1) is 16.0. The zero-order valence-corrected chi connectivity index (χ0v) is 19.0. The van der Waals surface area contributed by atoms with Gasteiger partial charge in [-0.05, 0) is 48.0 Å². The van der Waals surface area contributed by atoms with Gasteiger partial charge in [0.15, 0.2) is 0 Å². The first kappa shape index (κ1) is 21.2. The van der Waals surface area contributed by atoms with Crippen molar-refractivity contribution in [3.8, 4) is 0 Å². The number of thiazole rings is 1. The van der Waals surface area contributed by atoms with E-state index in [2.05, 4.69) is 10.3 Å². The molecule has 3 aromatic carbocycles. The lowest BCUT2D eigenvalue weighted by molar-refractivity contribution is 0.0951. The van der Waals surface area contributed by atoms with Gasteiger partial charge in [0.2, 0.25) is 0 Å². The predicted octanol–water partition coefficient (Wildman–Crippen LogP) is 5.65. The van der Waals surface area contributed by atoms with Crippen LogP contribution in [0.5, 0.6) is 0 Å². The van der Waals surface area contributed by atoms with E-state index in [9.17, 15) is 9.90 Å². The lowest BCUT2D eigenvalue weighted by atomic mass is 10.1. The fourth-order valence-corrected chi connectivity index (χ4v) is 5.00. The number of anilines is 1. The summed E-state index contributed by atoms with van der Waals surface area (Å²) in [4.78, 5) is 19.0. The molecule has 2 heterocycles. The second-order valence-electron chi connectivity index (χ2n) is 7.61. The second-order valence-corrected chi connectivity index (χ2v) is 9.07. The zero-order chi connectivity index (χ0) is 22.9. The number of para-hydroxylation sites is 1. The number of amides is 1. The van der Waals surface area contributed by atoms with Gasteiger partial charge in [0.05, 0.1) is 22.3 Å². The molecule has 0 spiro atoms. The number of benzene rings is 3. The Morgan fingerprint density at radius 1 is 1.12 bits per heavy atom. The highest BCUT2D eigenvalue weighted by Crippen LogP contribution is 2.35. The SMILES string of the molecule is N=C1C(c2nc3ccccc3s2)=C(O)CN1c1cccc(C(=O)NCc2cccc(Cl)c2)c1. The molecule has 1 aliphatic heterocycles. The average Bonchev–Trinajstić information content (AvgIpc) is 3.37. The van der Waals surface area contributed by atoms with Crippen molar-refractivity contribution >= 4 is 56.2 Å². The number of aliphatic hydroxyl groups is 1. The van der Waals surface area contributed by atoms with E-state index in [0.29, 0.717) is 33.4 Å². The van der Waals surface area contributed by atoms with E-state index < -0.39 is 0 Å². The Morgan fingerprint density at radius 2 is 1.94 bits per heavy atom. The molecule has 164 valence electrons. The first-order valence-electron chi connectivity index (χ1n) is 10.3. The number of amidine groups is 1. The zero-order valence-electron chi connectivity index (χ0n) is 17.4. The van der Waals surface area contributed by atoms with Gasteiger partial charge in [-0.1, -0.05) is 41.9 Å². The number of carbonyl (C=O) groups excluding carboxylic acids is 1. The van der Waals surface area contributed by atoms with Crippen LogP contribution in [0.3, 0.4) is 0 Å². The quantitative estimate of drug-likeness (QED) is 0.349. The van der Waals surface area contributed by atoms with Crippen LogP contribution in [-0.2, 0) is 6.54 Å². The van der Waals surface area contributed by atoms with Crippen LogP contribution >= 0.6 is 22.9 Å². The number of halogens is 1. The van der Waals surface area contributed by atoms with Gasteiger partial charge in [0.25, 0.3) is 5.91 Å². The molecule has 0 fully saturated rings. The molecule has 1 aliphatic rings. The van der Waals surface area contributed by atoms with E-state index in [-0.39, 0.29) is 24.0 Å². The summed E-state index contributed by atoms with van der Waals surface area (Å²) in [5.74, 6) is 0.0176. The Bertz CT molecular complexity index is 1400. The highest BCUT2D eigenvalue weighted by Gasteiger charge is 2.31. The molecule has 5 rings (SSSR count). The second kappa shape index (κ2) is 8.69. The van der Waals surface area contributed by atoms with E-state index in [0.717, 1.165) is 15.8 Å². The van der Waals surface area contributed by atoms with Crippen molar-refractivity contribution in [2.75, 3.05) is 11.4 Å². The van der Waals surface area contributed by atoms with Gasteiger partial charge in [-0.2, -0.15) is 0 Å². The lowest BCUT2D eigenvalue weighted by Gasteiger charge is -2.19. The Labute approximate surface area is 199 Å². The van der Waals surface area contributed by atoms with E-state index in [4.69, 9.17) is 17.0 Å². The third kappa shape index (κ3) is 4.20. The topological polar surface area (TPSA) is 89.3 Å². The summed E-state index contributed by atoms with van der Waals surface area (Å²) in [6.07, 6.45) is 0. The summed E-state index contributed by atoms with van der Waals surface area (Å²) in [6.45, 7) is 0.505. The fraction of sp³-hybridized carbons (Fsp3) is 0.0800. The molecule has 33 heavy (non-hydrogen) atoms. The summed E-state index contributed by atoms with van der Waals surface area (Å²) in [6, 6.07) is 22.1. The van der Waals surface area contributed by atoms with Crippen molar-refractivity contribution in [2.45, 2.75) is 6.54 Å². The molecule has 0 bridgehead atoms. The maximum Gasteiger partial charge on any atom is 0.251 e. The van der Waals surface area contributed by atoms with E-state index in [1.165, 1.54) is 11.3 Å². The maximum absolute atomic E-state index is 12.7. The first-order valence-corrected chi connectivity index (χ1v) is 11.5. The number of nitrogens with one attached hydrogen (secondary N) is 2. The number of carbonyl (C=O) groups is 1. The summed E-state index contributed by atoms with van der Waals surface area (Å²) < 4.78 is 0.998. The van der Waals surface area contributed by atoms with Crippen LogP contribution in [0.1, 0.15) is 20.9 Å². The summed E-state index contributed by atoms with van der Waals surface area (Å²) in [7, 11) is 0. The molecular formula is C25H19ClN4O2S. The predicted molar refractivity (Wildman–Crippen MR) is 133 cm³/mol. The van der Waals surface area contributed by atoms with Crippen molar-refractivity contribution in [2.24, 2.45) is 0 Å². The molecule has 0 atom stereocenters. The number of hydrogen-bond acceptors (Lipinski definition) is 5. The van der Waals surface area contributed by atoms with Gasteiger partial charge in [0.1, 0.15) is 16.6 Å². The smallest absolute Gasteiger partial charge is 0.251 e. The molecular weight excluding hydrogens is 456 g/mol. The lowest BCUT2D eigenvalue weighted by Crippen LogP contribution is -2.27. The third-order valence-electron chi connectivity index (χ3n) is 5.37. The molecule has 0 saturated carbocycles. The Kier molecular flexibility index (Phi) is 5.58. The minimum Gasteiger partial charge on any atom is -0.510 e. The van der Waals surface area contributed by atoms with Gasteiger partial charge in [0, 0.05) is 22.8 Å². The van der Waals surface area contributed by atoms with Crippen LogP contribution in [0.4, 0.5) is 5.69 Å². The van der Waals surface area contributed by atoms with Crippen molar-refractivity contribution in [3.05, 3.63) is 99.7 Å². The van der Waals surface area contributed by atoms with Gasteiger partial charge in [-0.25, -0.2) is 4.98 Å². The van der Waals surface area contributed by atoms with E-state index in [1.807, 2.05) is 48.5 Å². The summed E-state index contributed by atoms with van der Waals surface area (Å²) in [5.41, 5.74) is 3.28. The summed E-state index contributed by atoms with van der Waals surface area (Å²) in [5, 5.41) is 23.5. The number of aliphatic hydroxyl groups excluding tert-OH is 1. The van der Waals surface area contributed by atoms with Crippen molar-refractivity contribution in [3.63, 3.8) is 0 Å². The van der Waals surface area contributed by atoms with Crippen LogP contribution in [-0.4, -0.2) is 28.4 Å². The standard InChI is InChI=1S/C25H19ClN4O2S/c26-17-7-3-5-15(11-17)13-28-24(32)16-6-4-8-18(12-16)30-14-20(31)22(23(30)27)25-29-19-9-1-2-10-21(19)33-25/h1-12,27,31H,13-14H2,(H,28,32). The van der Waals surface area contributed by atoms with Crippen LogP contribution in [0.2, 0.25) is 5.02 Å². The number of nitrogens with zero attached hydrogens (tertiary/aromatic N) is 2. The van der Waals surface area contributed by atoms with Gasteiger partial charge >= 0.3 is 0 Å². The number of fused-ring (bicyclic) bond motifs is 1. The highest BCUT2D eigenvalue weighted by atomic mass is 35.5. The number of aromatic nitrogens is 1. The van der Waals surface area contributed by atoms with E-state index >= 15 is 0 Å². The normalized spacial score (nSPS) is 13.7. The van der Waals surface area contributed by atoms with Crippen molar-refractivity contribution in [1.82, 2.24) is 10.3 Å². The van der Waals surface area contributed by atoms with Crippen LogP contribution in [0, 0.1) is 5.41 Å². The summed E-state index contributed by atoms with van der Waals surface area (Å²) >= 11 is 7.45. The molecule has 0 aliphatic carbocycles. The van der Waals surface area contributed by atoms with Crippen LogP contribution in [0.25, 0.3) is 15.8 Å². The highest BCUT2D eigenvalue weighted by molar-refractivity contribution is 7.19. The molecule has 3 N–H and O–H groups in total. The van der Waals surface area contributed by atoms with E-state index in [1.54, 1.807) is 29.2 Å². The maximum atomic E-state index is 12.7. The molecule has 1 amide bonds. The average molecular weight is 475 g/mol. The molecule has 6 nitrogen and oxygen atoms in total. The molecule has 0 saturated heterocycles. The molecule has 8 heteroatoms. The minimum absolute atomic E-state index is 0.0925. The molecule has 0 unspecified atom stereocenters. The minimum atomic E-state index is -0.230. The van der Waals surface area contributed by atoms with Crippen LogP contribution in [0.15, 0.2) is 78.6 Å². The van der Waals surface area contributed by atoms with Gasteiger partial charge in [-0.15, -0.1) is 11.3 Å². The monoisotopic (exact) mass is 474 g/mol. The van der Waals surface area contributed by atoms with Crippen LogP contribution < -0.4 is 10.2 Å². The van der Waals surface area contributed by atoms with Crippen molar-refractivity contribution < 1.29 is 9.90 Å². The Hall–Kier alpha value is -3.68. The van der Waals surface area contributed by atoms with Gasteiger partial charge in [-0.3, -0.25) is 10.2 Å². The molecule has 4 aromatic rings.